The van der Waals surface area contributed by atoms with Gasteiger partial charge >= 0.3 is 0 Å². The second-order valence-corrected chi connectivity index (χ2v) is 9.04. The maximum Gasteiger partial charge on any atom is 0.223 e. The van der Waals surface area contributed by atoms with Crippen LogP contribution in [0.2, 0.25) is 0 Å². The van der Waals surface area contributed by atoms with E-state index in [0.29, 0.717) is 18.9 Å². The molecule has 2 rings (SSSR count). The highest BCUT2D eigenvalue weighted by molar-refractivity contribution is 7.88. The first-order valence-corrected chi connectivity index (χ1v) is 11.0. The standard InChI is InChI=1S/C19H30N2O4S/c1-16-7-6-12-20(15-16)19(22)11-14-21(26(3,23)24)13-10-17-8-4-5-9-18(17)25-2/h4-5,8-9,16H,6-7,10-15H2,1-3H3. The van der Waals surface area contributed by atoms with Gasteiger partial charge in [-0.2, -0.15) is 0 Å². The fourth-order valence-electron chi connectivity index (χ4n) is 3.39. The third-order valence-corrected chi connectivity index (χ3v) is 6.18. The molecule has 1 aromatic carbocycles. The summed E-state index contributed by atoms with van der Waals surface area (Å²) in [6.45, 7) is 4.26. The molecule has 1 heterocycles. The van der Waals surface area contributed by atoms with E-state index >= 15 is 0 Å². The molecule has 0 radical (unpaired) electrons. The zero-order valence-corrected chi connectivity index (χ0v) is 16.8. The number of para-hydroxylation sites is 1. The van der Waals surface area contributed by atoms with Crippen molar-refractivity contribution < 1.29 is 17.9 Å². The smallest absolute Gasteiger partial charge is 0.223 e. The van der Waals surface area contributed by atoms with Gasteiger partial charge < -0.3 is 9.64 Å². The Morgan fingerprint density at radius 1 is 1.31 bits per heavy atom. The first-order valence-electron chi connectivity index (χ1n) is 9.16. The SMILES string of the molecule is COc1ccccc1CCN(CCC(=O)N1CCCC(C)C1)S(C)(=O)=O. The van der Waals surface area contributed by atoms with Crippen molar-refractivity contribution in [2.45, 2.75) is 32.6 Å². The molecule has 0 N–H and O–H groups in total. The minimum absolute atomic E-state index is 0.0440. The van der Waals surface area contributed by atoms with E-state index in [0.717, 1.165) is 37.2 Å². The van der Waals surface area contributed by atoms with Gasteiger partial charge in [0.25, 0.3) is 0 Å². The number of benzene rings is 1. The molecule has 0 bridgehead atoms. The van der Waals surface area contributed by atoms with Gasteiger partial charge in [-0.25, -0.2) is 12.7 Å². The molecule has 1 aliphatic rings. The van der Waals surface area contributed by atoms with Gasteiger partial charge in [0.05, 0.1) is 13.4 Å². The Balaban J connectivity index is 1.94. The Morgan fingerprint density at radius 2 is 2.04 bits per heavy atom. The highest BCUT2D eigenvalue weighted by Gasteiger charge is 2.23. The summed E-state index contributed by atoms with van der Waals surface area (Å²) in [6, 6.07) is 7.58. The lowest BCUT2D eigenvalue weighted by Gasteiger charge is -2.31. The van der Waals surface area contributed by atoms with Crippen LogP contribution in [0.4, 0.5) is 0 Å². The predicted octanol–water partition coefficient (Wildman–Crippen LogP) is 2.15. The highest BCUT2D eigenvalue weighted by atomic mass is 32.2. The zero-order chi connectivity index (χ0) is 19.2. The van der Waals surface area contributed by atoms with Crippen molar-refractivity contribution in [2.24, 2.45) is 5.92 Å². The van der Waals surface area contributed by atoms with E-state index in [1.807, 2.05) is 29.2 Å². The fourth-order valence-corrected chi connectivity index (χ4v) is 4.24. The van der Waals surface area contributed by atoms with Crippen LogP contribution in [0.25, 0.3) is 0 Å². The minimum atomic E-state index is -3.37. The summed E-state index contributed by atoms with van der Waals surface area (Å²) in [7, 11) is -1.77. The van der Waals surface area contributed by atoms with E-state index in [1.165, 1.54) is 10.6 Å². The van der Waals surface area contributed by atoms with Crippen LogP contribution in [-0.4, -0.2) is 63.1 Å². The summed E-state index contributed by atoms with van der Waals surface area (Å²) in [6.07, 6.45) is 4.15. The lowest BCUT2D eigenvalue weighted by atomic mass is 10.00. The number of methoxy groups -OCH3 is 1. The van der Waals surface area contributed by atoms with Gasteiger partial charge in [0.1, 0.15) is 5.75 Å². The van der Waals surface area contributed by atoms with E-state index in [-0.39, 0.29) is 18.9 Å². The molecular formula is C19H30N2O4S. The molecule has 1 amide bonds. The van der Waals surface area contributed by atoms with Crippen LogP contribution in [0, 0.1) is 5.92 Å². The number of carbonyl (C=O) groups excluding carboxylic acids is 1. The molecule has 26 heavy (non-hydrogen) atoms. The van der Waals surface area contributed by atoms with Crippen LogP contribution < -0.4 is 4.74 Å². The van der Waals surface area contributed by atoms with Crippen molar-refractivity contribution in [3.05, 3.63) is 29.8 Å². The van der Waals surface area contributed by atoms with E-state index in [9.17, 15) is 13.2 Å². The predicted molar refractivity (Wildman–Crippen MR) is 103 cm³/mol. The monoisotopic (exact) mass is 382 g/mol. The molecule has 0 aromatic heterocycles. The summed E-state index contributed by atoms with van der Waals surface area (Å²) in [5.41, 5.74) is 0.958. The summed E-state index contributed by atoms with van der Waals surface area (Å²) in [4.78, 5) is 14.3. The van der Waals surface area contributed by atoms with Crippen molar-refractivity contribution in [1.82, 2.24) is 9.21 Å². The molecule has 0 spiro atoms. The second-order valence-electron chi connectivity index (χ2n) is 7.06. The Morgan fingerprint density at radius 3 is 2.69 bits per heavy atom. The Bertz CT molecular complexity index is 705. The van der Waals surface area contributed by atoms with Gasteiger partial charge in [-0.3, -0.25) is 4.79 Å². The number of nitrogens with zero attached hydrogens (tertiary/aromatic N) is 2. The largest absolute Gasteiger partial charge is 0.496 e. The van der Waals surface area contributed by atoms with Gasteiger partial charge in [-0.15, -0.1) is 0 Å². The van der Waals surface area contributed by atoms with Crippen LogP contribution in [0.15, 0.2) is 24.3 Å². The number of hydrogen-bond donors (Lipinski definition) is 0. The molecule has 1 atom stereocenters. The summed E-state index contributed by atoms with van der Waals surface area (Å²) < 4.78 is 31.0. The minimum Gasteiger partial charge on any atom is -0.496 e. The average molecular weight is 383 g/mol. The number of hydrogen-bond acceptors (Lipinski definition) is 4. The summed E-state index contributed by atoms with van der Waals surface area (Å²) in [5, 5.41) is 0. The Hall–Kier alpha value is -1.60. The quantitative estimate of drug-likeness (QED) is 0.691. The molecule has 0 aliphatic carbocycles. The summed E-state index contributed by atoms with van der Waals surface area (Å²) >= 11 is 0. The molecular weight excluding hydrogens is 352 g/mol. The number of carbonyl (C=O) groups is 1. The van der Waals surface area contributed by atoms with Crippen molar-refractivity contribution in [3.8, 4) is 5.75 Å². The molecule has 1 aromatic rings. The average Bonchev–Trinajstić information content (AvgIpc) is 2.60. The molecule has 1 unspecified atom stereocenters. The van der Waals surface area contributed by atoms with E-state index in [1.54, 1.807) is 7.11 Å². The third kappa shape index (κ3) is 5.99. The highest BCUT2D eigenvalue weighted by Crippen LogP contribution is 2.19. The van der Waals surface area contributed by atoms with Gasteiger partial charge in [0.2, 0.25) is 15.9 Å². The van der Waals surface area contributed by atoms with Gasteiger partial charge in [0, 0.05) is 32.6 Å². The molecule has 1 aliphatic heterocycles. The van der Waals surface area contributed by atoms with Crippen molar-refractivity contribution in [3.63, 3.8) is 0 Å². The lowest BCUT2D eigenvalue weighted by Crippen LogP contribution is -2.41. The van der Waals surface area contributed by atoms with Crippen LogP contribution >= 0.6 is 0 Å². The maximum absolute atomic E-state index is 12.4. The Labute approximate surface area is 157 Å². The lowest BCUT2D eigenvalue weighted by molar-refractivity contribution is -0.133. The van der Waals surface area contributed by atoms with Crippen molar-refractivity contribution >= 4 is 15.9 Å². The molecule has 1 saturated heterocycles. The number of likely N-dealkylation sites (tertiary alicyclic amines) is 1. The third-order valence-electron chi connectivity index (χ3n) is 4.88. The first kappa shape index (κ1) is 20.7. The first-order chi connectivity index (χ1) is 12.3. The normalized spacial score (nSPS) is 18.2. The second kappa shape index (κ2) is 9.37. The fraction of sp³-hybridized carbons (Fsp3) is 0.632. The van der Waals surface area contributed by atoms with E-state index in [2.05, 4.69) is 6.92 Å². The molecule has 1 fully saturated rings. The van der Waals surface area contributed by atoms with Gasteiger partial charge in [-0.1, -0.05) is 25.1 Å². The zero-order valence-electron chi connectivity index (χ0n) is 16.0. The number of piperidine rings is 1. The molecule has 7 heteroatoms. The van der Waals surface area contributed by atoms with Crippen molar-refractivity contribution in [2.75, 3.05) is 39.5 Å². The van der Waals surface area contributed by atoms with Crippen LogP contribution in [0.3, 0.4) is 0 Å². The van der Waals surface area contributed by atoms with Crippen LogP contribution in [0.5, 0.6) is 5.75 Å². The Kier molecular flexibility index (Phi) is 7.46. The molecule has 146 valence electrons. The number of amides is 1. The molecule has 0 saturated carbocycles. The summed E-state index contributed by atoms with van der Waals surface area (Å²) in [5.74, 6) is 1.31. The van der Waals surface area contributed by atoms with E-state index in [4.69, 9.17) is 4.74 Å². The van der Waals surface area contributed by atoms with Crippen molar-refractivity contribution in [1.29, 1.82) is 0 Å². The number of rotatable bonds is 8. The number of sulfonamides is 1. The van der Waals surface area contributed by atoms with Crippen LogP contribution in [-0.2, 0) is 21.2 Å². The maximum atomic E-state index is 12.4. The number of ether oxygens (including phenoxy) is 1. The van der Waals surface area contributed by atoms with Crippen LogP contribution in [0.1, 0.15) is 31.7 Å². The van der Waals surface area contributed by atoms with E-state index < -0.39 is 10.0 Å². The van der Waals surface area contributed by atoms with Gasteiger partial charge in [0.15, 0.2) is 0 Å². The molecule has 6 nitrogen and oxygen atoms in total. The topological polar surface area (TPSA) is 66.9 Å². The van der Waals surface area contributed by atoms with Gasteiger partial charge in [-0.05, 0) is 36.8 Å².